The van der Waals surface area contributed by atoms with Crippen molar-refractivity contribution in [3.8, 4) is 5.75 Å². The molecule has 0 saturated carbocycles. The first kappa shape index (κ1) is 18.8. The molecule has 0 aliphatic rings. The van der Waals surface area contributed by atoms with Gasteiger partial charge in [-0.15, -0.1) is 0 Å². The predicted octanol–water partition coefficient (Wildman–Crippen LogP) is 5.28. The van der Waals surface area contributed by atoms with Crippen LogP contribution in [0, 0.1) is 6.92 Å². The maximum atomic E-state index is 12.1. The van der Waals surface area contributed by atoms with Crippen LogP contribution in [0.2, 0.25) is 5.02 Å². The molecule has 0 unspecified atom stereocenters. The second-order valence-corrected chi connectivity index (χ2v) is 6.52. The van der Waals surface area contributed by atoms with Gasteiger partial charge in [0, 0.05) is 16.4 Å². The second-order valence-electron chi connectivity index (χ2n) is 6.11. The SMILES string of the molecule is Cc1c(Cl)cccc1NC(=O)CNc1ccc(OCc2ccccc2)cc1. The molecule has 0 saturated heterocycles. The Morgan fingerprint density at radius 2 is 1.70 bits per heavy atom. The number of carbonyl (C=O) groups is 1. The Hall–Kier alpha value is -2.98. The normalized spacial score (nSPS) is 10.3. The Labute approximate surface area is 164 Å². The lowest BCUT2D eigenvalue weighted by Crippen LogP contribution is -2.22. The summed E-state index contributed by atoms with van der Waals surface area (Å²) in [6.07, 6.45) is 0. The number of amides is 1. The molecule has 0 radical (unpaired) electrons. The first-order chi connectivity index (χ1) is 13.1. The van der Waals surface area contributed by atoms with E-state index in [0.29, 0.717) is 11.6 Å². The van der Waals surface area contributed by atoms with Crippen LogP contribution in [0.1, 0.15) is 11.1 Å². The van der Waals surface area contributed by atoms with Gasteiger partial charge in [0.05, 0.1) is 6.54 Å². The third-order valence-corrected chi connectivity index (χ3v) is 4.51. The van der Waals surface area contributed by atoms with Gasteiger partial charge in [-0.1, -0.05) is 48.0 Å². The van der Waals surface area contributed by atoms with Crippen LogP contribution < -0.4 is 15.4 Å². The number of anilines is 2. The quantitative estimate of drug-likeness (QED) is 0.586. The number of hydrogen-bond acceptors (Lipinski definition) is 3. The van der Waals surface area contributed by atoms with E-state index in [1.807, 2.05) is 73.7 Å². The first-order valence-electron chi connectivity index (χ1n) is 8.67. The Balaban J connectivity index is 1.48. The van der Waals surface area contributed by atoms with Crippen molar-refractivity contribution in [2.45, 2.75) is 13.5 Å². The van der Waals surface area contributed by atoms with Crippen LogP contribution in [0.4, 0.5) is 11.4 Å². The predicted molar refractivity (Wildman–Crippen MR) is 111 cm³/mol. The van der Waals surface area contributed by atoms with E-state index in [-0.39, 0.29) is 12.5 Å². The van der Waals surface area contributed by atoms with Gasteiger partial charge in [0.15, 0.2) is 0 Å². The van der Waals surface area contributed by atoms with Crippen LogP contribution in [-0.2, 0) is 11.4 Å². The Morgan fingerprint density at radius 1 is 0.963 bits per heavy atom. The van der Waals surface area contributed by atoms with Crippen LogP contribution in [0.5, 0.6) is 5.75 Å². The number of halogens is 1. The van der Waals surface area contributed by atoms with Gasteiger partial charge in [-0.2, -0.15) is 0 Å². The molecular formula is C22H21ClN2O2. The number of benzene rings is 3. The third kappa shape index (κ3) is 5.50. The minimum Gasteiger partial charge on any atom is -0.489 e. The van der Waals surface area contributed by atoms with Crippen LogP contribution in [0.15, 0.2) is 72.8 Å². The van der Waals surface area contributed by atoms with Gasteiger partial charge in [0.25, 0.3) is 0 Å². The first-order valence-corrected chi connectivity index (χ1v) is 9.05. The van der Waals surface area contributed by atoms with Crippen molar-refractivity contribution in [1.82, 2.24) is 0 Å². The van der Waals surface area contributed by atoms with E-state index in [1.165, 1.54) is 0 Å². The zero-order valence-corrected chi connectivity index (χ0v) is 15.8. The molecule has 5 heteroatoms. The van der Waals surface area contributed by atoms with E-state index >= 15 is 0 Å². The summed E-state index contributed by atoms with van der Waals surface area (Å²) in [6.45, 7) is 2.56. The van der Waals surface area contributed by atoms with Crippen molar-refractivity contribution in [2.75, 3.05) is 17.2 Å². The van der Waals surface area contributed by atoms with Gasteiger partial charge >= 0.3 is 0 Å². The second kappa shape index (κ2) is 9.10. The molecule has 2 N–H and O–H groups in total. The van der Waals surface area contributed by atoms with E-state index in [1.54, 1.807) is 6.07 Å². The van der Waals surface area contributed by atoms with Crippen molar-refractivity contribution in [3.05, 3.63) is 88.9 Å². The zero-order valence-electron chi connectivity index (χ0n) is 15.0. The van der Waals surface area contributed by atoms with E-state index in [0.717, 1.165) is 28.3 Å². The van der Waals surface area contributed by atoms with Gasteiger partial charge in [-0.05, 0) is 54.4 Å². The molecule has 0 aliphatic carbocycles. The van der Waals surface area contributed by atoms with E-state index in [9.17, 15) is 4.79 Å². The number of rotatable bonds is 7. The molecular weight excluding hydrogens is 360 g/mol. The Bertz CT molecular complexity index is 896. The number of carbonyl (C=O) groups excluding carboxylic acids is 1. The maximum absolute atomic E-state index is 12.1. The summed E-state index contributed by atoms with van der Waals surface area (Å²) in [7, 11) is 0. The Morgan fingerprint density at radius 3 is 2.44 bits per heavy atom. The molecule has 138 valence electrons. The number of hydrogen-bond donors (Lipinski definition) is 2. The van der Waals surface area contributed by atoms with Crippen LogP contribution in [0.3, 0.4) is 0 Å². The van der Waals surface area contributed by atoms with E-state index < -0.39 is 0 Å². The van der Waals surface area contributed by atoms with Crippen LogP contribution in [-0.4, -0.2) is 12.5 Å². The van der Waals surface area contributed by atoms with Crippen molar-refractivity contribution in [3.63, 3.8) is 0 Å². The summed E-state index contributed by atoms with van der Waals surface area (Å²) >= 11 is 6.07. The standard InChI is InChI=1S/C22H21ClN2O2/c1-16-20(23)8-5-9-21(16)25-22(26)14-24-18-10-12-19(13-11-18)27-15-17-6-3-2-4-7-17/h2-13,24H,14-15H2,1H3,(H,25,26). The highest BCUT2D eigenvalue weighted by atomic mass is 35.5. The van der Waals surface area contributed by atoms with E-state index in [4.69, 9.17) is 16.3 Å². The zero-order chi connectivity index (χ0) is 19.1. The molecule has 3 aromatic rings. The van der Waals surface area contributed by atoms with Gasteiger partial charge in [0.2, 0.25) is 5.91 Å². The summed E-state index contributed by atoms with van der Waals surface area (Å²) < 4.78 is 5.76. The third-order valence-electron chi connectivity index (χ3n) is 4.10. The monoisotopic (exact) mass is 380 g/mol. The largest absolute Gasteiger partial charge is 0.489 e. The molecule has 4 nitrogen and oxygen atoms in total. The fraction of sp³-hybridized carbons (Fsp3) is 0.136. The van der Waals surface area contributed by atoms with Gasteiger partial charge < -0.3 is 15.4 Å². The fourth-order valence-electron chi connectivity index (χ4n) is 2.53. The van der Waals surface area contributed by atoms with Gasteiger partial charge in [0.1, 0.15) is 12.4 Å². The maximum Gasteiger partial charge on any atom is 0.243 e. The fourth-order valence-corrected chi connectivity index (χ4v) is 2.70. The highest BCUT2D eigenvalue weighted by Gasteiger charge is 2.06. The minimum absolute atomic E-state index is 0.134. The summed E-state index contributed by atoms with van der Waals surface area (Å²) in [5.74, 6) is 0.646. The molecule has 3 aromatic carbocycles. The summed E-state index contributed by atoms with van der Waals surface area (Å²) in [5, 5.41) is 6.59. The smallest absolute Gasteiger partial charge is 0.243 e. The molecule has 0 spiro atoms. The average molecular weight is 381 g/mol. The van der Waals surface area contributed by atoms with Gasteiger partial charge in [-0.3, -0.25) is 4.79 Å². The summed E-state index contributed by atoms with van der Waals surface area (Å²) in [5.41, 5.74) is 3.54. The molecule has 0 bridgehead atoms. The van der Waals surface area contributed by atoms with Crippen molar-refractivity contribution >= 4 is 28.9 Å². The van der Waals surface area contributed by atoms with Crippen LogP contribution in [0.25, 0.3) is 0 Å². The molecule has 1 amide bonds. The summed E-state index contributed by atoms with van der Waals surface area (Å²) in [4.78, 5) is 12.1. The van der Waals surface area contributed by atoms with Crippen molar-refractivity contribution < 1.29 is 9.53 Å². The lowest BCUT2D eigenvalue weighted by Gasteiger charge is -2.11. The molecule has 0 fully saturated rings. The van der Waals surface area contributed by atoms with Gasteiger partial charge in [-0.25, -0.2) is 0 Å². The van der Waals surface area contributed by atoms with Crippen molar-refractivity contribution in [1.29, 1.82) is 0 Å². The minimum atomic E-state index is -0.134. The Kier molecular flexibility index (Phi) is 6.34. The summed E-state index contributed by atoms with van der Waals surface area (Å²) in [6, 6.07) is 23.0. The highest BCUT2D eigenvalue weighted by Crippen LogP contribution is 2.23. The average Bonchev–Trinajstić information content (AvgIpc) is 2.70. The van der Waals surface area contributed by atoms with Crippen LogP contribution >= 0.6 is 11.6 Å². The molecule has 0 heterocycles. The molecule has 27 heavy (non-hydrogen) atoms. The molecule has 0 atom stereocenters. The van der Waals surface area contributed by atoms with Crippen molar-refractivity contribution in [2.24, 2.45) is 0 Å². The molecule has 3 rings (SSSR count). The molecule has 0 aliphatic heterocycles. The lowest BCUT2D eigenvalue weighted by molar-refractivity contribution is -0.114. The molecule has 0 aromatic heterocycles. The topological polar surface area (TPSA) is 50.4 Å². The lowest BCUT2D eigenvalue weighted by atomic mass is 10.2. The highest BCUT2D eigenvalue weighted by molar-refractivity contribution is 6.31. The van der Waals surface area contributed by atoms with E-state index in [2.05, 4.69) is 10.6 Å². The number of ether oxygens (including phenoxy) is 1. The number of nitrogens with one attached hydrogen (secondary N) is 2.